The summed E-state index contributed by atoms with van der Waals surface area (Å²) >= 11 is 0. The zero-order valence-electron chi connectivity index (χ0n) is 24.4. The number of hydrogen-bond donors (Lipinski definition) is 5. The quantitative estimate of drug-likeness (QED) is 0.0675. The normalized spacial score (nSPS) is 18.7. The maximum atomic E-state index is 14.4. The van der Waals surface area contributed by atoms with E-state index in [-0.39, 0.29) is 38.7 Å². The number of nitrogens with one attached hydrogen (secondary N) is 3. The number of nitrogens with two attached hydrogens (primary N) is 1. The Balaban J connectivity index is 1.89. The Labute approximate surface area is 249 Å². The summed E-state index contributed by atoms with van der Waals surface area (Å²) in [5.41, 5.74) is 6.24. The van der Waals surface area contributed by atoms with Crippen LogP contribution in [-0.2, 0) is 35.6 Å². The molecule has 0 spiro atoms. The number of carboxylic acid groups (broad SMARTS) is 1. The van der Waals surface area contributed by atoms with Gasteiger partial charge in [0.1, 0.15) is 6.04 Å². The second-order valence-electron chi connectivity index (χ2n) is 10.6. The van der Waals surface area contributed by atoms with Gasteiger partial charge >= 0.3 is 5.97 Å². The van der Waals surface area contributed by atoms with Gasteiger partial charge in [0.2, 0.25) is 5.91 Å². The molecule has 1 saturated heterocycles. The molecule has 1 aromatic rings. The van der Waals surface area contributed by atoms with Gasteiger partial charge in [-0.05, 0) is 37.7 Å². The van der Waals surface area contributed by atoms with Gasteiger partial charge in [-0.25, -0.2) is 4.79 Å². The van der Waals surface area contributed by atoms with Crippen molar-refractivity contribution >= 4 is 36.1 Å². The van der Waals surface area contributed by atoms with E-state index in [1.807, 2.05) is 6.07 Å². The van der Waals surface area contributed by atoms with E-state index in [0.29, 0.717) is 32.2 Å². The molecule has 1 unspecified atom stereocenters. The van der Waals surface area contributed by atoms with E-state index in [2.05, 4.69) is 10.0 Å². The van der Waals surface area contributed by atoms with Crippen molar-refractivity contribution in [3.05, 3.63) is 35.9 Å². The third-order valence-electron chi connectivity index (χ3n) is 7.67. The average molecular weight is 610 g/mol. The maximum Gasteiger partial charge on any atom is 0.341 e. The Hall–Kier alpha value is -2.76. The highest BCUT2D eigenvalue weighted by Gasteiger charge is 2.42. The number of carbonyl (C=O) groups is 2. The van der Waals surface area contributed by atoms with Crippen LogP contribution in [-0.4, -0.2) is 118 Å². The van der Waals surface area contributed by atoms with Crippen LogP contribution in [0.2, 0.25) is 0 Å². The third-order valence-corrected chi connectivity index (χ3v) is 9.29. The van der Waals surface area contributed by atoms with Crippen molar-refractivity contribution in [2.24, 2.45) is 5.73 Å². The Morgan fingerprint density at radius 1 is 1.24 bits per heavy atom. The van der Waals surface area contributed by atoms with Crippen molar-refractivity contribution in [2.45, 2.75) is 69.4 Å². The molecular weight excluding hydrogens is 565 g/mol. The van der Waals surface area contributed by atoms with Crippen LogP contribution in [0.4, 0.5) is 0 Å². The van der Waals surface area contributed by atoms with Gasteiger partial charge in [-0.3, -0.25) is 15.5 Å². The van der Waals surface area contributed by atoms with Crippen LogP contribution in [0.15, 0.2) is 30.3 Å². The molecule has 0 bridgehead atoms. The molecule has 0 aromatic heterocycles. The molecule has 0 radical (unpaired) electrons. The highest BCUT2D eigenvalue weighted by atomic mass is 32.2. The number of rotatable bonds is 16. The Bertz CT molecular complexity index is 1140. The number of hydrogen-bond acceptors (Lipinski definition) is 8. The van der Waals surface area contributed by atoms with Crippen LogP contribution >= 0.6 is 0 Å². The lowest BCUT2D eigenvalue weighted by molar-refractivity contribution is -0.156. The van der Waals surface area contributed by atoms with Crippen molar-refractivity contribution in [2.75, 3.05) is 39.9 Å². The van der Waals surface area contributed by atoms with Gasteiger partial charge in [-0.15, -0.1) is 0 Å². The standard InChI is InChI=1S/C26H44BN7O7S/c1-32(26(28)29)13-7-12-22(41-27)30-23(25(36)37)34(20-10-5-6-11-20)24(35)21(18-19-8-3-2-4-9-19)31-42(38,39)33-14-16-40-17-15-33/h2-4,8-9,20-23,30-31H,5-7,10-18,27H2,1H3,(H3,28,29)(H,36,37)/t21-,22-,23?/m1/s1. The molecule has 2 aliphatic rings. The molecule has 1 saturated carbocycles. The minimum absolute atomic E-state index is 0.0455. The van der Waals surface area contributed by atoms with Gasteiger partial charge < -0.3 is 30.0 Å². The first-order chi connectivity index (χ1) is 20.0. The molecule has 3 atom stereocenters. The second kappa shape index (κ2) is 16.2. The predicted molar refractivity (Wildman–Crippen MR) is 159 cm³/mol. The van der Waals surface area contributed by atoms with Crippen LogP contribution in [0.5, 0.6) is 0 Å². The number of nitrogens with zero attached hydrogens (tertiary/aromatic N) is 3. The Morgan fingerprint density at radius 2 is 1.88 bits per heavy atom. The van der Waals surface area contributed by atoms with Gasteiger partial charge in [0, 0.05) is 32.7 Å². The number of carbonyl (C=O) groups excluding carboxylic acids is 1. The molecule has 1 aromatic carbocycles. The smallest absolute Gasteiger partial charge is 0.341 e. The van der Waals surface area contributed by atoms with Crippen LogP contribution in [0.3, 0.4) is 0 Å². The molecule has 16 heteroatoms. The number of guanidine groups is 1. The van der Waals surface area contributed by atoms with Crippen LogP contribution < -0.4 is 15.8 Å². The average Bonchev–Trinajstić information content (AvgIpc) is 3.50. The van der Waals surface area contributed by atoms with Crippen molar-refractivity contribution in [3.63, 3.8) is 0 Å². The summed E-state index contributed by atoms with van der Waals surface area (Å²) < 4.78 is 41.5. The molecule has 1 aliphatic heterocycles. The number of benzene rings is 1. The lowest BCUT2D eigenvalue weighted by Crippen LogP contribution is -2.64. The molecule has 234 valence electrons. The van der Waals surface area contributed by atoms with Gasteiger partial charge in [0.25, 0.3) is 18.3 Å². The van der Waals surface area contributed by atoms with Crippen LogP contribution in [0.1, 0.15) is 44.1 Å². The Morgan fingerprint density at radius 3 is 2.45 bits per heavy atom. The monoisotopic (exact) mass is 609 g/mol. The molecule has 42 heavy (non-hydrogen) atoms. The fourth-order valence-corrected chi connectivity index (χ4v) is 6.62. The van der Waals surface area contributed by atoms with Crippen LogP contribution in [0.25, 0.3) is 0 Å². The highest BCUT2D eigenvalue weighted by molar-refractivity contribution is 7.87. The van der Waals surface area contributed by atoms with Gasteiger partial charge in [-0.2, -0.15) is 17.4 Å². The highest BCUT2D eigenvalue weighted by Crippen LogP contribution is 2.27. The topological polar surface area (TPSA) is 191 Å². The number of morpholine rings is 1. The van der Waals surface area contributed by atoms with E-state index in [1.165, 1.54) is 17.3 Å². The summed E-state index contributed by atoms with van der Waals surface area (Å²) in [6.45, 7) is 1.27. The van der Waals surface area contributed by atoms with Crippen LogP contribution in [0, 0.1) is 5.41 Å². The zero-order chi connectivity index (χ0) is 30.7. The van der Waals surface area contributed by atoms with E-state index < -0.39 is 46.6 Å². The van der Waals surface area contributed by atoms with Crippen molar-refractivity contribution < 1.29 is 32.5 Å². The number of amides is 1. The Kier molecular flexibility index (Phi) is 13.0. The predicted octanol–water partition coefficient (Wildman–Crippen LogP) is -0.968. The molecule has 14 nitrogen and oxygen atoms in total. The maximum absolute atomic E-state index is 14.4. The number of aliphatic carboxylic acids is 1. The number of carboxylic acids is 1. The minimum Gasteiger partial charge on any atom is -0.479 e. The fraction of sp³-hybridized carbons (Fsp3) is 0.654. The lowest BCUT2D eigenvalue weighted by Gasteiger charge is -2.39. The molecule has 1 heterocycles. The summed E-state index contributed by atoms with van der Waals surface area (Å²) in [6.07, 6.45) is 1.66. The van der Waals surface area contributed by atoms with Crippen molar-refractivity contribution in [3.8, 4) is 0 Å². The minimum atomic E-state index is -4.07. The van der Waals surface area contributed by atoms with Gasteiger partial charge in [0.05, 0.1) is 19.4 Å². The third kappa shape index (κ3) is 9.64. The first kappa shape index (κ1) is 33.7. The van der Waals surface area contributed by atoms with E-state index in [1.54, 1.807) is 36.2 Å². The van der Waals surface area contributed by atoms with Gasteiger partial charge in [-0.1, -0.05) is 43.2 Å². The summed E-state index contributed by atoms with van der Waals surface area (Å²) in [6, 6.07) is 7.40. The van der Waals surface area contributed by atoms with E-state index in [4.69, 9.17) is 20.5 Å². The number of ether oxygens (including phenoxy) is 1. The molecule has 3 rings (SSSR count). The zero-order valence-corrected chi connectivity index (χ0v) is 25.2. The molecule has 1 amide bonds. The largest absolute Gasteiger partial charge is 0.479 e. The molecule has 2 fully saturated rings. The first-order valence-corrected chi connectivity index (χ1v) is 15.8. The van der Waals surface area contributed by atoms with E-state index >= 15 is 0 Å². The van der Waals surface area contributed by atoms with Gasteiger partial charge in [0.15, 0.2) is 12.1 Å². The summed E-state index contributed by atoms with van der Waals surface area (Å²) in [5.74, 6) is -1.97. The van der Waals surface area contributed by atoms with E-state index in [0.717, 1.165) is 18.4 Å². The van der Waals surface area contributed by atoms with Crippen molar-refractivity contribution in [1.82, 2.24) is 24.1 Å². The summed E-state index contributed by atoms with van der Waals surface area (Å²) in [5, 5.41) is 20.9. The lowest BCUT2D eigenvalue weighted by atomic mass is 10.0. The first-order valence-electron chi connectivity index (χ1n) is 14.3. The van der Waals surface area contributed by atoms with Crippen molar-refractivity contribution in [1.29, 1.82) is 5.41 Å². The molecule has 6 N–H and O–H groups in total. The second-order valence-corrected chi connectivity index (χ2v) is 12.3. The summed E-state index contributed by atoms with van der Waals surface area (Å²) in [4.78, 5) is 29.9. The molecular formula is C26H44BN7O7S. The van der Waals surface area contributed by atoms with E-state index in [9.17, 15) is 23.1 Å². The SMILES string of the molecule is BO[C@H](CCCN(C)C(=N)N)NC(C(=O)O)N(C(=O)[C@@H](Cc1ccccc1)NS(=O)(=O)N1CCOCC1)C1CCCC1. The summed E-state index contributed by atoms with van der Waals surface area (Å²) in [7, 11) is -0.945. The fourth-order valence-electron chi connectivity index (χ4n) is 5.30. The molecule has 1 aliphatic carbocycles.